The maximum Gasteiger partial charge on any atom is 0.192 e. The van der Waals surface area contributed by atoms with Crippen LogP contribution in [0.25, 0.3) is 0 Å². The number of carbonyl (C=O) groups is 3. The molecule has 0 radical (unpaired) electrons. The molecule has 0 heterocycles. The van der Waals surface area contributed by atoms with Gasteiger partial charge in [-0.3, -0.25) is 14.4 Å². The first kappa shape index (κ1) is 35.4. The fraction of sp³-hybridized carbons (Fsp3) is 0.775. The molecule has 49 heavy (non-hydrogen) atoms. The Morgan fingerprint density at radius 2 is 1.53 bits per heavy atom. The number of alkyl halides is 1. The van der Waals surface area contributed by atoms with Gasteiger partial charge in [-0.15, -0.1) is 0 Å². The van der Waals surface area contributed by atoms with Gasteiger partial charge in [0, 0.05) is 23.2 Å². The van der Waals surface area contributed by atoms with Crippen molar-refractivity contribution in [1.29, 1.82) is 0 Å². The quantitative estimate of drug-likeness (QED) is 0.286. The average molecular weight is 683 g/mol. The van der Waals surface area contributed by atoms with Gasteiger partial charge in [0.2, 0.25) is 0 Å². The molecule has 0 spiro atoms. The van der Waals surface area contributed by atoms with Crippen molar-refractivity contribution in [3.8, 4) is 0 Å². The molecule has 0 aromatic heterocycles. The van der Waals surface area contributed by atoms with Crippen LogP contribution in [0.2, 0.25) is 0 Å². The minimum Gasteiger partial charge on any atom is -0.393 e. The van der Waals surface area contributed by atoms with E-state index in [-0.39, 0.29) is 35.6 Å². The lowest BCUT2D eigenvalue weighted by Crippen LogP contribution is -2.69. The summed E-state index contributed by atoms with van der Waals surface area (Å²) < 4.78 is 16.8. The highest BCUT2D eigenvalue weighted by atomic mass is 19.1. The Balaban J connectivity index is 0.000000160. The Hall–Kier alpha value is -2.04. The molecular formula is C40H55FO8. The van der Waals surface area contributed by atoms with Crippen molar-refractivity contribution in [1.82, 2.24) is 0 Å². The summed E-state index contributed by atoms with van der Waals surface area (Å²) >= 11 is 0. The van der Waals surface area contributed by atoms with Gasteiger partial charge in [-0.05, 0) is 130 Å². The summed E-state index contributed by atoms with van der Waals surface area (Å²) in [6.45, 7) is 7.10. The second-order valence-corrected chi connectivity index (χ2v) is 18.0. The second kappa shape index (κ2) is 11.5. The van der Waals surface area contributed by atoms with Crippen molar-refractivity contribution in [2.45, 2.75) is 134 Å². The highest BCUT2D eigenvalue weighted by Gasteiger charge is 2.76. The van der Waals surface area contributed by atoms with Crippen molar-refractivity contribution in [2.24, 2.45) is 51.2 Å². The number of aliphatic hydroxyl groups is 5. The van der Waals surface area contributed by atoms with Crippen LogP contribution in [-0.4, -0.2) is 79.1 Å². The SMILES string of the molecule is C[C@]12C=CC(=O)C=C1CC[C@H]1[C@@H]3C[C@@H](O)[C@](O)(C(=O)CO)[C@@]3(C)C[C@H](O)[C@@]12F.C[C@]12CC[C@H]3[C@@H](CCC4=CC(=O)CC[C@@]43C)[C@@H]1CC[C@@H]2O. The maximum atomic E-state index is 16.8. The Bertz CT molecular complexity index is 1540. The molecule has 6 saturated carbocycles. The van der Waals surface area contributed by atoms with Crippen LogP contribution < -0.4 is 0 Å². The molecule has 0 saturated heterocycles. The molecule has 0 unspecified atom stereocenters. The van der Waals surface area contributed by atoms with Crippen LogP contribution in [0.1, 0.15) is 105 Å². The first-order chi connectivity index (χ1) is 22.9. The van der Waals surface area contributed by atoms with E-state index >= 15 is 4.39 Å². The minimum atomic E-state index is -2.23. The van der Waals surface area contributed by atoms with E-state index < -0.39 is 58.5 Å². The lowest BCUT2D eigenvalue weighted by atomic mass is 9.44. The number of ketones is 3. The Kier molecular flexibility index (Phi) is 8.29. The van der Waals surface area contributed by atoms with Crippen molar-refractivity contribution >= 4 is 17.3 Å². The van der Waals surface area contributed by atoms with Crippen LogP contribution >= 0.6 is 0 Å². The zero-order valence-corrected chi connectivity index (χ0v) is 29.5. The van der Waals surface area contributed by atoms with Crippen molar-refractivity contribution in [2.75, 3.05) is 6.61 Å². The molecule has 9 heteroatoms. The first-order valence-corrected chi connectivity index (χ1v) is 18.7. The first-order valence-electron chi connectivity index (χ1n) is 18.7. The van der Waals surface area contributed by atoms with Crippen LogP contribution in [0.3, 0.4) is 0 Å². The van der Waals surface area contributed by atoms with E-state index in [0.717, 1.165) is 37.5 Å². The minimum absolute atomic E-state index is 0.0135. The smallest absolute Gasteiger partial charge is 0.192 e. The summed E-state index contributed by atoms with van der Waals surface area (Å²) in [6, 6.07) is 0. The third kappa shape index (κ3) is 4.53. The van der Waals surface area contributed by atoms with Gasteiger partial charge in [-0.1, -0.05) is 38.0 Å². The topological polar surface area (TPSA) is 152 Å². The van der Waals surface area contributed by atoms with Crippen LogP contribution in [0.4, 0.5) is 4.39 Å². The summed E-state index contributed by atoms with van der Waals surface area (Å²) in [5.41, 5.74) is -4.23. The van der Waals surface area contributed by atoms with E-state index in [9.17, 15) is 39.9 Å². The van der Waals surface area contributed by atoms with Gasteiger partial charge < -0.3 is 25.5 Å². The normalized spacial score (nSPS) is 52.6. The van der Waals surface area contributed by atoms with E-state index in [1.54, 1.807) is 13.8 Å². The molecule has 8 aliphatic rings. The Morgan fingerprint density at radius 3 is 2.24 bits per heavy atom. The van der Waals surface area contributed by atoms with E-state index in [0.29, 0.717) is 30.1 Å². The van der Waals surface area contributed by atoms with Crippen LogP contribution in [0, 0.1) is 51.2 Å². The molecule has 0 amide bonds. The predicted octanol–water partition coefficient (Wildman–Crippen LogP) is 4.50. The average Bonchev–Trinajstić information content (AvgIpc) is 3.47. The van der Waals surface area contributed by atoms with Gasteiger partial charge in [0.05, 0.1) is 18.3 Å². The van der Waals surface area contributed by atoms with Gasteiger partial charge in [-0.2, -0.15) is 0 Å². The van der Waals surface area contributed by atoms with E-state index in [1.807, 2.05) is 6.08 Å². The zero-order valence-electron chi connectivity index (χ0n) is 29.5. The fourth-order valence-corrected chi connectivity index (χ4v) is 13.4. The molecule has 6 fully saturated rings. The molecular weight excluding hydrogens is 627 g/mol. The van der Waals surface area contributed by atoms with E-state index in [1.165, 1.54) is 49.5 Å². The van der Waals surface area contributed by atoms with Crippen LogP contribution in [-0.2, 0) is 14.4 Å². The summed E-state index contributed by atoms with van der Waals surface area (Å²) in [4.78, 5) is 36.0. The number of halogens is 1. The zero-order chi connectivity index (χ0) is 35.5. The van der Waals surface area contributed by atoms with Gasteiger partial charge in [-0.25, -0.2) is 4.39 Å². The maximum absolute atomic E-state index is 16.8. The number of allylic oxidation sites excluding steroid dienone is 5. The Labute approximate surface area is 288 Å². The highest BCUT2D eigenvalue weighted by molar-refractivity contribution is 6.01. The molecule has 5 N–H and O–H groups in total. The summed E-state index contributed by atoms with van der Waals surface area (Å²) in [6.07, 6.45) is 12.6. The van der Waals surface area contributed by atoms with Crippen LogP contribution in [0.15, 0.2) is 35.5 Å². The third-order valence-corrected chi connectivity index (χ3v) is 16.3. The largest absolute Gasteiger partial charge is 0.393 e. The molecule has 14 atom stereocenters. The predicted molar refractivity (Wildman–Crippen MR) is 180 cm³/mol. The van der Waals surface area contributed by atoms with Crippen molar-refractivity contribution in [3.63, 3.8) is 0 Å². The molecule has 8 nitrogen and oxygen atoms in total. The summed E-state index contributed by atoms with van der Waals surface area (Å²) in [5, 5.41) is 52.6. The standard InChI is InChI=1S/C21H27FO6.C19H28O2/c1-18-6-5-12(24)7-11(18)3-4-13-14-8-15(25)21(28,17(27)10-23)19(14,2)9-16(26)20(13,18)22;1-18-9-7-13(20)11-12(18)3-4-14-15-5-6-17(21)19(15,2)10-8-16(14)18/h5-7,13-16,23,25-26,28H,3-4,8-10H2,1-2H3;11,14-17,21H,3-10H2,1-2H3/t13-,14-,15+,16-,18-,19-,20-,21-;14-,15-,16-,17-,18-,19-/m00/s1. The second-order valence-electron chi connectivity index (χ2n) is 18.0. The number of fused-ring (bicyclic) bond motifs is 10. The monoisotopic (exact) mass is 682 g/mol. The molecule has 0 bridgehead atoms. The van der Waals surface area contributed by atoms with E-state index in [4.69, 9.17) is 0 Å². The summed E-state index contributed by atoms with van der Waals surface area (Å²) in [5.74, 6) is 0.195. The van der Waals surface area contributed by atoms with E-state index in [2.05, 4.69) is 13.8 Å². The number of carbonyl (C=O) groups excluding carboxylic acids is 3. The molecule has 0 aromatic carbocycles. The van der Waals surface area contributed by atoms with Gasteiger partial charge in [0.1, 0.15) is 6.61 Å². The molecule has 8 aliphatic carbocycles. The number of hydrogen-bond acceptors (Lipinski definition) is 8. The number of rotatable bonds is 2. The lowest BCUT2D eigenvalue weighted by molar-refractivity contribution is -0.222. The van der Waals surface area contributed by atoms with Gasteiger partial charge in [0.25, 0.3) is 0 Å². The number of Topliss-reactive ketones (excluding diaryl/α,β-unsaturated/α-hetero) is 1. The Morgan fingerprint density at radius 1 is 0.816 bits per heavy atom. The molecule has 8 rings (SSSR count). The highest BCUT2D eigenvalue weighted by Crippen LogP contribution is 2.70. The van der Waals surface area contributed by atoms with Crippen molar-refractivity contribution < 1.29 is 44.3 Å². The molecule has 270 valence electrons. The van der Waals surface area contributed by atoms with Gasteiger partial charge in [0.15, 0.2) is 28.6 Å². The lowest BCUT2D eigenvalue weighted by Gasteiger charge is -2.62. The number of hydrogen-bond donors (Lipinski definition) is 5. The van der Waals surface area contributed by atoms with Crippen LogP contribution in [0.5, 0.6) is 0 Å². The molecule has 0 aromatic rings. The molecule has 0 aliphatic heterocycles. The summed E-state index contributed by atoms with van der Waals surface area (Å²) in [7, 11) is 0. The third-order valence-electron chi connectivity index (χ3n) is 16.3. The fourth-order valence-electron chi connectivity index (χ4n) is 13.4. The van der Waals surface area contributed by atoms with Crippen molar-refractivity contribution in [3.05, 3.63) is 35.5 Å². The number of aliphatic hydroxyl groups excluding tert-OH is 4. The van der Waals surface area contributed by atoms with Gasteiger partial charge >= 0.3 is 0 Å².